The number of aromatic nitrogens is 2. The van der Waals surface area contributed by atoms with Crippen LogP contribution in [0, 0.1) is 5.92 Å². The van der Waals surface area contributed by atoms with Gasteiger partial charge in [0.05, 0.1) is 24.5 Å². The smallest absolute Gasteiger partial charge is 0.287 e. The highest BCUT2D eigenvalue weighted by Crippen LogP contribution is 2.36. The number of hydrogen-bond donors (Lipinski definition) is 1. The second kappa shape index (κ2) is 7.18. The molecule has 1 aromatic heterocycles. The molecule has 1 aliphatic heterocycles. The molecule has 1 saturated carbocycles. The molecule has 3 atom stereocenters. The van der Waals surface area contributed by atoms with Crippen LogP contribution in [0.4, 0.5) is 5.69 Å². The largest absolute Gasteiger partial charge is 0.379 e. The van der Waals surface area contributed by atoms with E-state index in [9.17, 15) is 4.79 Å². The first-order chi connectivity index (χ1) is 12.2. The molecule has 0 radical (unpaired) electrons. The summed E-state index contributed by atoms with van der Waals surface area (Å²) in [6.45, 7) is 1.25. The van der Waals surface area contributed by atoms with Crippen LogP contribution in [0.2, 0.25) is 5.02 Å². The molecular weight excluding hydrogens is 338 g/mol. The standard InChI is InChI=1S/C19H22ClN3O2/c20-18-16(22-15-7-4-8-17-14(15)9-10-25-17)11-21-23(19(18)24)12-13-5-2-1-3-6-13/h1-3,5-6,11,14-15,17,22H,4,7-10,12H2. The predicted octanol–water partition coefficient (Wildman–Crippen LogP) is 3.31. The van der Waals surface area contributed by atoms with Crippen molar-refractivity contribution in [1.29, 1.82) is 0 Å². The van der Waals surface area contributed by atoms with Gasteiger partial charge in [0, 0.05) is 18.6 Å². The summed E-state index contributed by atoms with van der Waals surface area (Å²) in [5.74, 6) is 0.497. The van der Waals surface area contributed by atoms with Crippen molar-refractivity contribution in [3.63, 3.8) is 0 Å². The van der Waals surface area contributed by atoms with E-state index in [2.05, 4.69) is 10.4 Å². The Balaban J connectivity index is 1.53. The van der Waals surface area contributed by atoms with E-state index in [4.69, 9.17) is 16.3 Å². The van der Waals surface area contributed by atoms with Gasteiger partial charge in [0.25, 0.3) is 5.56 Å². The highest BCUT2D eigenvalue weighted by molar-refractivity contribution is 6.32. The Kier molecular flexibility index (Phi) is 4.77. The van der Waals surface area contributed by atoms with E-state index >= 15 is 0 Å². The van der Waals surface area contributed by atoms with Crippen LogP contribution >= 0.6 is 11.6 Å². The van der Waals surface area contributed by atoms with Crippen LogP contribution in [0.3, 0.4) is 0 Å². The molecule has 1 saturated heterocycles. The maximum atomic E-state index is 12.6. The second-order valence-corrected chi connectivity index (χ2v) is 7.24. The van der Waals surface area contributed by atoms with E-state index in [0.717, 1.165) is 37.9 Å². The number of nitrogens with one attached hydrogen (secondary N) is 1. The van der Waals surface area contributed by atoms with Gasteiger partial charge >= 0.3 is 0 Å². The molecule has 2 aliphatic rings. The summed E-state index contributed by atoms with van der Waals surface area (Å²) < 4.78 is 7.22. The van der Waals surface area contributed by atoms with Crippen molar-refractivity contribution in [1.82, 2.24) is 9.78 Å². The van der Waals surface area contributed by atoms with Crippen molar-refractivity contribution in [2.45, 2.75) is 44.4 Å². The highest BCUT2D eigenvalue weighted by atomic mass is 35.5. The van der Waals surface area contributed by atoms with Gasteiger partial charge in [-0.2, -0.15) is 5.10 Å². The van der Waals surface area contributed by atoms with Gasteiger partial charge in [-0.15, -0.1) is 0 Å². The third-order valence-corrected chi connectivity index (χ3v) is 5.65. The molecule has 0 amide bonds. The van der Waals surface area contributed by atoms with E-state index in [1.54, 1.807) is 6.20 Å². The summed E-state index contributed by atoms with van der Waals surface area (Å²) in [5.41, 5.74) is 1.39. The quantitative estimate of drug-likeness (QED) is 0.909. The van der Waals surface area contributed by atoms with Crippen molar-refractivity contribution in [2.24, 2.45) is 5.92 Å². The summed E-state index contributed by atoms with van der Waals surface area (Å²) in [4.78, 5) is 12.6. The number of ether oxygens (including phenoxy) is 1. The zero-order valence-electron chi connectivity index (χ0n) is 14.0. The summed E-state index contributed by atoms with van der Waals surface area (Å²) in [5, 5.41) is 7.99. The molecule has 5 nitrogen and oxygen atoms in total. The molecular formula is C19H22ClN3O2. The monoisotopic (exact) mass is 359 g/mol. The molecule has 1 aliphatic carbocycles. The van der Waals surface area contributed by atoms with Crippen molar-refractivity contribution in [2.75, 3.05) is 11.9 Å². The molecule has 2 aromatic rings. The second-order valence-electron chi connectivity index (χ2n) is 6.86. The lowest BCUT2D eigenvalue weighted by Crippen LogP contribution is -2.39. The number of rotatable bonds is 4. The Labute approximate surface area is 152 Å². The Hall–Kier alpha value is -1.85. The number of benzene rings is 1. The van der Waals surface area contributed by atoms with Crippen LogP contribution in [0.15, 0.2) is 41.3 Å². The van der Waals surface area contributed by atoms with E-state index < -0.39 is 0 Å². The third-order valence-electron chi connectivity index (χ3n) is 5.28. The van der Waals surface area contributed by atoms with Gasteiger partial charge < -0.3 is 10.1 Å². The van der Waals surface area contributed by atoms with Gasteiger partial charge in [-0.25, -0.2) is 4.68 Å². The molecule has 0 spiro atoms. The van der Waals surface area contributed by atoms with Crippen LogP contribution in [-0.4, -0.2) is 28.5 Å². The number of nitrogens with zero attached hydrogens (tertiary/aromatic N) is 2. The van der Waals surface area contributed by atoms with Crippen LogP contribution < -0.4 is 10.9 Å². The third kappa shape index (κ3) is 3.44. The van der Waals surface area contributed by atoms with Crippen molar-refractivity contribution < 1.29 is 4.74 Å². The summed E-state index contributed by atoms with van der Waals surface area (Å²) in [6, 6.07) is 10.1. The maximum Gasteiger partial charge on any atom is 0.287 e. The molecule has 1 N–H and O–H groups in total. The zero-order chi connectivity index (χ0) is 17.2. The SMILES string of the molecule is O=c1c(Cl)c(NC2CCCC3OCCC23)cnn1Cc1ccccc1. The van der Waals surface area contributed by atoms with E-state index in [1.165, 1.54) is 4.68 Å². The van der Waals surface area contributed by atoms with Crippen molar-refractivity contribution in [3.05, 3.63) is 57.5 Å². The van der Waals surface area contributed by atoms with Gasteiger partial charge in [-0.1, -0.05) is 41.9 Å². The fraction of sp³-hybridized carbons (Fsp3) is 0.474. The van der Waals surface area contributed by atoms with Crippen LogP contribution in [-0.2, 0) is 11.3 Å². The molecule has 6 heteroatoms. The summed E-state index contributed by atoms with van der Waals surface area (Å²) in [7, 11) is 0. The first-order valence-corrected chi connectivity index (χ1v) is 9.28. The predicted molar refractivity (Wildman–Crippen MR) is 98.2 cm³/mol. The van der Waals surface area contributed by atoms with Gasteiger partial charge in [0.2, 0.25) is 0 Å². The molecule has 132 valence electrons. The first kappa shape index (κ1) is 16.6. The van der Waals surface area contributed by atoms with Crippen molar-refractivity contribution >= 4 is 17.3 Å². The van der Waals surface area contributed by atoms with Crippen LogP contribution in [0.5, 0.6) is 0 Å². The summed E-state index contributed by atoms with van der Waals surface area (Å²) >= 11 is 6.36. The van der Waals surface area contributed by atoms with Gasteiger partial charge in [0.15, 0.2) is 0 Å². The lowest BCUT2D eigenvalue weighted by Gasteiger charge is -2.34. The fourth-order valence-corrected chi connectivity index (χ4v) is 4.19. The lowest BCUT2D eigenvalue weighted by molar-refractivity contribution is 0.0620. The van der Waals surface area contributed by atoms with Crippen LogP contribution in [0.25, 0.3) is 0 Å². The number of anilines is 1. The van der Waals surface area contributed by atoms with E-state index in [0.29, 0.717) is 30.3 Å². The number of hydrogen-bond acceptors (Lipinski definition) is 4. The minimum absolute atomic E-state index is 0.215. The normalized spacial score (nSPS) is 25.6. The summed E-state index contributed by atoms with van der Waals surface area (Å²) in [6.07, 6.45) is 6.43. The fourth-order valence-electron chi connectivity index (χ4n) is 3.99. The molecule has 25 heavy (non-hydrogen) atoms. The molecule has 2 heterocycles. The minimum atomic E-state index is -0.259. The number of halogens is 1. The van der Waals surface area contributed by atoms with E-state index in [1.807, 2.05) is 30.3 Å². The Morgan fingerprint density at radius 3 is 2.92 bits per heavy atom. The topological polar surface area (TPSA) is 56.1 Å². The Morgan fingerprint density at radius 2 is 2.08 bits per heavy atom. The van der Waals surface area contributed by atoms with Gasteiger partial charge in [-0.05, 0) is 31.2 Å². The number of fused-ring (bicyclic) bond motifs is 1. The van der Waals surface area contributed by atoms with Gasteiger partial charge in [-0.3, -0.25) is 4.79 Å². The molecule has 2 fully saturated rings. The molecule has 0 bridgehead atoms. The first-order valence-electron chi connectivity index (χ1n) is 8.90. The Bertz CT molecular complexity index is 793. The van der Waals surface area contributed by atoms with E-state index in [-0.39, 0.29) is 10.6 Å². The minimum Gasteiger partial charge on any atom is -0.379 e. The van der Waals surface area contributed by atoms with Crippen molar-refractivity contribution in [3.8, 4) is 0 Å². The van der Waals surface area contributed by atoms with Crippen LogP contribution in [0.1, 0.15) is 31.2 Å². The zero-order valence-corrected chi connectivity index (χ0v) is 14.8. The maximum absolute atomic E-state index is 12.6. The average Bonchev–Trinajstić information content (AvgIpc) is 3.12. The van der Waals surface area contributed by atoms with Gasteiger partial charge in [0.1, 0.15) is 5.02 Å². The molecule has 1 aromatic carbocycles. The molecule has 3 unspecified atom stereocenters. The average molecular weight is 360 g/mol. The lowest BCUT2D eigenvalue weighted by atomic mass is 9.82. The highest BCUT2D eigenvalue weighted by Gasteiger charge is 2.37. The molecule has 4 rings (SSSR count). The Morgan fingerprint density at radius 1 is 1.24 bits per heavy atom.